The molecule has 0 aromatic carbocycles. The third-order valence-corrected chi connectivity index (χ3v) is 3.35. The number of primary amides is 1. The number of aliphatic carboxylic acids is 1. The number of hydrogen-bond acceptors (Lipinski definition) is 8. The number of hydrazine groups is 1. The third-order valence-electron chi connectivity index (χ3n) is 3.35. The van der Waals surface area contributed by atoms with Crippen molar-refractivity contribution in [3.63, 3.8) is 0 Å². The van der Waals surface area contributed by atoms with Crippen molar-refractivity contribution in [3.8, 4) is 0 Å². The average molecular weight is 460 g/mol. The fourth-order valence-electron chi connectivity index (χ4n) is 1.83. The number of carboxylic acids is 1. The van der Waals surface area contributed by atoms with Gasteiger partial charge in [0.1, 0.15) is 6.04 Å². The summed E-state index contributed by atoms with van der Waals surface area (Å²) in [6.45, 7) is 0.655. The van der Waals surface area contributed by atoms with Crippen LogP contribution in [0, 0.1) is 10.1 Å². The molecule has 0 radical (unpaired) electrons. The van der Waals surface area contributed by atoms with Crippen molar-refractivity contribution in [3.05, 3.63) is 10.1 Å². The lowest BCUT2D eigenvalue weighted by Gasteiger charge is -2.18. The van der Waals surface area contributed by atoms with E-state index in [0.717, 1.165) is 6.42 Å². The number of carbonyl (C=O) groups excluding carboxylic acids is 2. The summed E-state index contributed by atoms with van der Waals surface area (Å²) in [4.78, 5) is 46.0. The molecule has 180 valence electrons. The molecule has 0 bridgehead atoms. The van der Waals surface area contributed by atoms with Crippen molar-refractivity contribution in [1.29, 1.82) is 0 Å². The van der Waals surface area contributed by atoms with Crippen LogP contribution in [-0.2, 0) is 14.4 Å². The zero-order valence-electron chi connectivity index (χ0n) is 16.4. The van der Waals surface area contributed by atoms with Crippen LogP contribution in [0.4, 0.5) is 13.2 Å². The molecule has 31 heavy (non-hydrogen) atoms. The first-order valence-corrected chi connectivity index (χ1v) is 8.78. The van der Waals surface area contributed by atoms with Gasteiger partial charge in [-0.05, 0) is 32.2 Å². The van der Waals surface area contributed by atoms with Crippen molar-refractivity contribution >= 4 is 23.7 Å². The smallest absolute Gasteiger partial charge is 0.475 e. The predicted octanol–water partition coefficient (Wildman–Crippen LogP) is -2.08. The van der Waals surface area contributed by atoms with E-state index in [1.807, 2.05) is 0 Å². The Morgan fingerprint density at radius 3 is 2.10 bits per heavy atom. The van der Waals surface area contributed by atoms with Gasteiger partial charge in [0, 0.05) is 6.54 Å². The van der Waals surface area contributed by atoms with Gasteiger partial charge < -0.3 is 33.4 Å². The Hall–Kier alpha value is -3.21. The standard InChI is InChI=1S/C12H26N8O4.C2HF3O2/c13-6-2-1-4-8(14)11(22)18-9(10(15)21)5-3-7-17-12(16)19-20(23)24;3-2(4,5)1(6)7/h8-9H,1-7,13-14H2,(H2,15,21)(H,18,22)(H3,16,17,19);(H,6,7)/t8-,9-;/m0./s1. The van der Waals surface area contributed by atoms with Crippen LogP contribution in [0.25, 0.3) is 0 Å². The summed E-state index contributed by atoms with van der Waals surface area (Å²) in [5.74, 6) is -4.26. The molecule has 0 fully saturated rings. The molecule has 0 aliphatic rings. The largest absolute Gasteiger partial charge is 0.490 e. The van der Waals surface area contributed by atoms with Gasteiger partial charge in [-0.2, -0.15) is 13.2 Å². The monoisotopic (exact) mass is 460 g/mol. The molecule has 0 spiro atoms. The number of amides is 2. The number of alkyl halides is 3. The van der Waals surface area contributed by atoms with E-state index in [9.17, 15) is 32.9 Å². The van der Waals surface area contributed by atoms with Crippen LogP contribution in [0.2, 0.25) is 0 Å². The molecule has 0 heterocycles. The van der Waals surface area contributed by atoms with Gasteiger partial charge in [-0.3, -0.25) is 9.59 Å². The topological polar surface area (TPSA) is 255 Å². The van der Waals surface area contributed by atoms with Crippen molar-refractivity contribution in [2.24, 2.45) is 27.9 Å². The highest BCUT2D eigenvalue weighted by Gasteiger charge is 2.38. The normalized spacial score (nSPS) is 13.3. The van der Waals surface area contributed by atoms with E-state index >= 15 is 0 Å². The van der Waals surface area contributed by atoms with E-state index in [-0.39, 0.29) is 18.9 Å². The second-order valence-electron chi connectivity index (χ2n) is 5.94. The Morgan fingerprint density at radius 2 is 1.68 bits per heavy atom. The van der Waals surface area contributed by atoms with Crippen LogP contribution >= 0.6 is 0 Å². The summed E-state index contributed by atoms with van der Waals surface area (Å²) < 4.78 is 31.7. The fraction of sp³-hybridized carbons (Fsp3) is 0.714. The summed E-state index contributed by atoms with van der Waals surface area (Å²) in [5, 5.41) is 18.9. The molecule has 0 aromatic rings. The molecule has 17 heteroatoms. The second-order valence-corrected chi connectivity index (χ2v) is 5.94. The molecule has 2 atom stereocenters. The lowest BCUT2D eigenvalue weighted by Crippen LogP contribution is -2.50. The molecule has 2 amide bonds. The van der Waals surface area contributed by atoms with Gasteiger partial charge in [-0.25, -0.2) is 19.9 Å². The van der Waals surface area contributed by atoms with Crippen LogP contribution in [0.5, 0.6) is 0 Å². The number of guanidine groups is 1. The number of hydrogen-bond donors (Lipinski definition) is 7. The van der Waals surface area contributed by atoms with Crippen molar-refractivity contribution < 1.29 is 37.7 Å². The Bertz CT molecular complexity index is 632. The molecule has 11 N–H and O–H groups in total. The SMILES string of the molecule is NCCCC[C@H](N)C(=O)N[C@@H](CCCN=C(N)N[N+](=O)[O-])C(N)=O.O=C(O)C(F)(F)F. The van der Waals surface area contributed by atoms with Crippen molar-refractivity contribution in [1.82, 2.24) is 10.7 Å². The quantitative estimate of drug-likeness (QED) is 0.0549. The number of carboxylic acid groups (broad SMARTS) is 1. The number of rotatable bonds is 12. The molecule has 0 saturated heterocycles. The Labute approximate surface area is 174 Å². The number of nitro groups is 1. The molecule has 0 aliphatic carbocycles. The highest BCUT2D eigenvalue weighted by atomic mass is 19.4. The zero-order valence-corrected chi connectivity index (χ0v) is 16.4. The number of nitrogens with one attached hydrogen (secondary N) is 2. The second kappa shape index (κ2) is 15.6. The average Bonchev–Trinajstić information content (AvgIpc) is 2.63. The minimum atomic E-state index is -5.08. The Kier molecular flexibility index (Phi) is 15.1. The van der Waals surface area contributed by atoms with Gasteiger partial charge in [-0.15, -0.1) is 0 Å². The summed E-state index contributed by atoms with van der Waals surface area (Å²) in [5.41, 5.74) is 23.3. The summed E-state index contributed by atoms with van der Waals surface area (Å²) in [7, 11) is 0. The lowest BCUT2D eigenvalue weighted by molar-refractivity contribution is -0.525. The Balaban J connectivity index is 0. The van der Waals surface area contributed by atoms with E-state index < -0.39 is 41.1 Å². The van der Waals surface area contributed by atoms with Gasteiger partial charge >= 0.3 is 12.1 Å². The third kappa shape index (κ3) is 17.4. The molecule has 0 rings (SSSR count). The van der Waals surface area contributed by atoms with Gasteiger partial charge in [0.25, 0.3) is 5.96 Å². The van der Waals surface area contributed by atoms with Crippen LogP contribution in [-0.4, -0.2) is 65.2 Å². The van der Waals surface area contributed by atoms with Crippen LogP contribution < -0.4 is 33.7 Å². The van der Waals surface area contributed by atoms with Crippen molar-refractivity contribution in [2.75, 3.05) is 13.1 Å². The number of nitrogens with zero attached hydrogens (tertiary/aromatic N) is 2. The number of carbonyl (C=O) groups is 3. The lowest BCUT2D eigenvalue weighted by atomic mass is 10.1. The fourth-order valence-corrected chi connectivity index (χ4v) is 1.83. The molecular weight excluding hydrogens is 433 g/mol. The van der Waals surface area contributed by atoms with E-state index in [1.54, 1.807) is 5.43 Å². The van der Waals surface area contributed by atoms with E-state index in [1.165, 1.54) is 0 Å². The van der Waals surface area contributed by atoms with Gasteiger partial charge in [0.15, 0.2) is 5.03 Å². The maximum Gasteiger partial charge on any atom is 0.490 e. The van der Waals surface area contributed by atoms with Crippen LogP contribution in [0.15, 0.2) is 4.99 Å². The Morgan fingerprint density at radius 1 is 1.13 bits per heavy atom. The van der Waals surface area contributed by atoms with Gasteiger partial charge in [0.2, 0.25) is 11.8 Å². The van der Waals surface area contributed by atoms with E-state index in [0.29, 0.717) is 25.8 Å². The van der Waals surface area contributed by atoms with Crippen molar-refractivity contribution in [2.45, 2.75) is 50.4 Å². The maximum absolute atomic E-state index is 11.9. The molecule has 0 aromatic heterocycles. The minimum absolute atomic E-state index is 0.134. The minimum Gasteiger partial charge on any atom is -0.475 e. The highest BCUT2D eigenvalue weighted by Crippen LogP contribution is 2.13. The molecular formula is C14H27F3N8O6. The predicted molar refractivity (Wildman–Crippen MR) is 102 cm³/mol. The molecule has 0 saturated carbocycles. The zero-order chi connectivity index (χ0) is 24.6. The van der Waals surface area contributed by atoms with Crippen LogP contribution in [0.3, 0.4) is 0 Å². The first-order valence-electron chi connectivity index (χ1n) is 8.78. The summed E-state index contributed by atoms with van der Waals surface area (Å²) in [6, 6.07) is -1.63. The van der Waals surface area contributed by atoms with Gasteiger partial charge in [-0.1, -0.05) is 11.8 Å². The number of halogens is 3. The summed E-state index contributed by atoms with van der Waals surface area (Å²) in [6.07, 6.45) is -2.59. The van der Waals surface area contributed by atoms with Gasteiger partial charge in [0.05, 0.1) is 6.04 Å². The first kappa shape index (κ1) is 30.0. The maximum atomic E-state index is 11.9. The molecule has 0 aliphatic heterocycles. The van der Waals surface area contributed by atoms with Crippen LogP contribution in [0.1, 0.15) is 32.1 Å². The number of aliphatic imine (C=N–C) groups is 1. The van der Waals surface area contributed by atoms with E-state index in [4.69, 9.17) is 32.8 Å². The molecule has 14 nitrogen and oxygen atoms in total. The highest BCUT2D eigenvalue weighted by molar-refractivity contribution is 5.88. The first-order chi connectivity index (χ1) is 14.2. The summed E-state index contributed by atoms with van der Waals surface area (Å²) >= 11 is 0. The molecule has 0 unspecified atom stereocenters. The number of unbranched alkanes of at least 4 members (excludes halogenated alkanes) is 1. The number of nitrogens with two attached hydrogens (primary N) is 4. The van der Waals surface area contributed by atoms with E-state index in [2.05, 4.69) is 10.3 Å².